The number of sulfonamides is 1. The van der Waals surface area contributed by atoms with E-state index in [1.165, 1.54) is 23.5 Å². The molecule has 3 heterocycles. The molecule has 0 spiro atoms. The van der Waals surface area contributed by atoms with Crippen molar-refractivity contribution in [2.75, 3.05) is 6.54 Å². The molecular weight excluding hydrogens is 678 g/mol. The van der Waals surface area contributed by atoms with Crippen LogP contribution in [0.15, 0.2) is 54.6 Å². The first-order chi connectivity index (χ1) is 23.9. The zero-order valence-corrected chi connectivity index (χ0v) is 30.2. The Balaban J connectivity index is 1.19. The van der Waals surface area contributed by atoms with E-state index in [4.69, 9.17) is 4.74 Å². The highest BCUT2D eigenvalue weighted by molar-refractivity contribution is 7.91. The molecule has 3 fully saturated rings. The molecule has 7 rings (SSSR count). The second-order valence-corrected chi connectivity index (χ2v) is 18.2. The van der Waals surface area contributed by atoms with Crippen molar-refractivity contribution in [3.63, 3.8) is 0 Å². The molecule has 2 saturated carbocycles. The van der Waals surface area contributed by atoms with Gasteiger partial charge in [0.05, 0.1) is 33.0 Å². The van der Waals surface area contributed by atoms with Crippen molar-refractivity contribution >= 4 is 49.2 Å². The van der Waals surface area contributed by atoms with Gasteiger partial charge in [0.15, 0.2) is 5.78 Å². The summed E-state index contributed by atoms with van der Waals surface area (Å²) in [4.78, 5) is 49.0. The monoisotopic (exact) mass is 721 g/mol. The quantitative estimate of drug-likeness (QED) is 0.279. The number of carbonyl (C=O) groups excluding carboxylic acids is 3. The topological polar surface area (TPSA) is 123 Å². The average molecular weight is 722 g/mol. The molecule has 5 atom stereocenters. The smallest absolute Gasteiger partial charge is 0.274 e. The van der Waals surface area contributed by atoms with Crippen molar-refractivity contribution in [1.82, 2.24) is 14.6 Å². The maximum atomic E-state index is 14.6. The number of allylic oxidation sites excluding steroid dienone is 2. The number of nitrogens with one attached hydrogen (secondary N) is 1. The second-order valence-electron chi connectivity index (χ2n) is 15.0. The van der Waals surface area contributed by atoms with Gasteiger partial charge in [-0.1, -0.05) is 66.2 Å². The molecule has 3 aromatic rings. The van der Waals surface area contributed by atoms with Crippen molar-refractivity contribution in [2.24, 2.45) is 17.3 Å². The average Bonchev–Trinajstić information content (AvgIpc) is 3.88. The largest absolute Gasteiger partial charge is 0.465 e. The highest BCUT2D eigenvalue weighted by Gasteiger charge is 2.62. The third-order valence-electron chi connectivity index (χ3n) is 11.1. The van der Waals surface area contributed by atoms with Crippen molar-refractivity contribution in [3.05, 3.63) is 71.6 Å². The first-order valence-electron chi connectivity index (χ1n) is 17.7. The minimum atomic E-state index is -3.90. The number of aromatic nitrogens is 1. The summed E-state index contributed by atoms with van der Waals surface area (Å²) in [6.07, 6.45) is 9.57. The van der Waals surface area contributed by atoms with E-state index < -0.39 is 38.2 Å². The second kappa shape index (κ2) is 13.5. The van der Waals surface area contributed by atoms with Gasteiger partial charge in [-0.15, -0.1) is 0 Å². The lowest BCUT2D eigenvalue weighted by Crippen LogP contribution is -2.47. The minimum absolute atomic E-state index is 0.120. The number of hydrogen-bond acceptors (Lipinski definition) is 8. The summed E-state index contributed by atoms with van der Waals surface area (Å²) < 4.78 is 48.4. The Bertz CT molecular complexity index is 1960. The zero-order chi connectivity index (χ0) is 35.3. The number of nitrogens with zero attached hydrogens (tertiary/aromatic N) is 2. The van der Waals surface area contributed by atoms with Gasteiger partial charge in [-0.25, -0.2) is 17.8 Å². The van der Waals surface area contributed by atoms with Crippen LogP contribution in [0.4, 0.5) is 4.39 Å². The number of ketones is 1. The van der Waals surface area contributed by atoms with Crippen LogP contribution in [0.1, 0.15) is 82.3 Å². The fourth-order valence-electron chi connectivity index (χ4n) is 7.61. The van der Waals surface area contributed by atoms with Crippen molar-refractivity contribution in [2.45, 2.75) is 101 Å². The van der Waals surface area contributed by atoms with Gasteiger partial charge >= 0.3 is 0 Å². The molecule has 9 nitrogen and oxygen atoms in total. The number of hydrogen-bond donors (Lipinski definition) is 1. The van der Waals surface area contributed by atoms with E-state index in [2.05, 4.69) is 15.8 Å². The van der Waals surface area contributed by atoms with E-state index in [1.54, 1.807) is 17.9 Å². The summed E-state index contributed by atoms with van der Waals surface area (Å²) in [6.45, 7) is 3.82. The van der Waals surface area contributed by atoms with Crippen molar-refractivity contribution < 1.29 is 31.9 Å². The van der Waals surface area contributed by atoms with Gasteiger partial charge < -0.3 is 9.64 Å². The lowest BCUT2D eigenvalue weighted by Gasteiger charge is -2.29. The standard InChI is InChI=1S/C38H44FN3O6S2/c1-24-9-8-10-25(17-24)18-26-11-6-4-3-5-7-12-27-21-38(27,35(45)41-50(46,47)37(2)15-16-37)22-32(43)31-20-29(23-42(31)34(26)44)48-36-40-30-14-13-28(39)19-33(30)49-36/h7-10,12-14,17,19,26-27,29,31H,3-6,11,15-16,18,20-23H2,1-2H3,(H,41,45)/b12-7-/t26-,27-,29-,31+,38-/m1/s1. The maximum absolute atomic E-state index is 14.6. The van der Waals surface area contributed by atoms with E-state index >= 15 is 0 Å². The van der Waals surface area contributed by atoms with Crippen LogP contribution >= 0.6 is 11.3 Å². The number of amides is 2. The molecule has 1 aromatic heterocycles. The first kappa shape index (κ1) is 34.8. The Labute approximate surface area is 296 Å². The molecule has 50 heavy (non-hydrogen) atoms. The van der Waals surface area contributed by atoms with E-state index in [9.17, 15) is 27.2 Å². The SMILES string of the molecule is Cc1cccc(C[C@H]2CCCCC/C=C\[C@@H]3C[C@@]3(C(=O)NS(=O)(=O)C3(C)CC3)CC(=O)[C@@H]3C[C@@H](Oc4nc5ccc(F)cc5s4)CN3C2=O)c1. The van der Waals surface area contributed by atoms with Crippen LogP contribution in [-0.2, 0) is 30.8 Å². The molecular formula is C38H44FN3O6S2. The molecule has 0 radical (unpaired) electrons. The van der Waals surface area contributed by atoms with Gasteiger partial charge in [0.2, 0.25) is 21.8 Å². The van der Waals surface area contributed by atoms with Gasteiger partial charge in [-0.05, 0) is 88.5 Å². The number of halogens is 1. The number of thiazole rings is 1. The number of benzene rings is 2. The van der Waals surface area contributed by atoms with E-state index in [-0.39, 0.29) is 48.7 Å². The summed E-state index contributed by atoms with van der Waals surface area (Å²) in [5, 5.41) is 0.330. The fraction of sp³-hybridized carbons (Fsp3) is 0.526. The molecule has 1 N–H and O–H groups in total. The molecule has 1 saturated heterocycles. The Morgan fingerprint density at radius 3 is 2.74 bits per heavy atom. The Hall–Kier alpha value is -3.64. The summed E-state index contributed by atoms with van der Waals surface area (Å²) in [5.74, 6) is -2.03. The third kappa shape index (κ3) is 7.10. The molecule has 4 aliphatic rings. The fourth-order valence-corrected chi connectivity index (χ4v) is 9.85. The highest BCUT2D eigenvalue weighted by atomic mass is 32.2. The predicted octanol–water partition coefficient (Wildman–Crippen LogP) is 6.44. The number of rotatable bonds is 7. The molecule has 0 bridgehead atoms. The number of carbonyl (C=O) groups is 3. The zero-order valence-electron chi connectivity index (χ0n) is 28.5. The van der Waals surface area contributed by atoms with E-state index in [0.717, 1.165) is 36.8 Å². The highest BCUT2D eigenvalue weighted by Crippen LogP contribution is 2.57. The number of fused-ring (bicyclic) bond motifs is 3. The minimum Gasteiger partial charge on any atom is -0.465 e. The molecule has 0 unspecified atom stereocenters. The number of ether oxygens (including phenoxy) is 1. The Kier molecular flexibility index (Phi) is 9.38. The maximum Gasteiger partial charge on any atom is 0.274 e. The van der Waals surface area contributed by atoms with Crippen molar-refractivity contribution in [1.29, 1.82) is 0 Å². The lowest BCUT2D eigenvalue weighted by molar-refractivity contribution is -0.142. The summed E-state index contributed by atoms with van der Waals surface area (Å²) in [7, 11) is -3.90. The van der Waals surface area contributed by atoms with Crippen LogP contribution in [0.25, 0.3) is 10.2 Å². The molecule has 266 valence electrons. The molecule has 12 heteroatoms. The van der Waals surface area contributed by atoms with Gasteiger partial charge in [-0.3, -0.25) is 19.1 Å². The van der Waals surface area contributed by atoms with E-state index in [0.29, 0.717) is 47.5 Å². The lowest BCUT2D eigenvalue weighted by atomic mass is 9.89. The van der Waals surface area contributed by atoms with Crippen LogP contribution < -0.4 is 9.46 Å². The van der Waals surface area contributed by atoms with Gasteiger partial charge in [0.25, 0.3) is 5.19 Å². The van der Waals surface area contributed by atoms with Gasteiger partial charge in [0.1, 0.15) is 11.9 Å². The van der Waals surface area contributed by atoms with Crippen LogP contribution in [0.5, 0.6) is 5.19 Å². The van der Waals surface area contributed by atoms with Crippen LogP contribution in [0.2, 0.25) is 0 Å². The summed E-state index contributed by atoms with van der Waals surface area (Å²) >= 11 is 1.21. The first-order valence-corrected chi connectivity index (χ1v) is 20.0. The van der Waals surface area contributed by atoms with Crippen LogP contribution in [0.3, 0.4) is 0 Å². The Morgan fingerprint density at radius 1 is 1.14 bits per heavy atom. The summed E-state index contributed by atoms with van der Waals surface area (Å²) in [6, 6.07) is 11.6. The van der Waals surface area contributed by atoms with Crippen LogP contribution in [-0.4, -0.2) is 59.3 Å². The van der Waals surface area contributed by atoms with Gasteiger partial charge in [-0.2, -0.15) is 0 Å². The molecule has 2 aromatic carbocycles. The predicted molar refractivity (Wildman–Crippen MR) is 190 cm³/mol. The van der Waals surface area contributed by atoms with E-state index in [1.807, 2.05) is 37.3 Å². The Morgan fingerprint density at radius 2 is 1.96 bits per heavy atom. The number of Topliss-reactive ketones (excluding diaryl/α,β-unsaturated/α-hetero) is 1. The van der Waals surface area contributed by atoms with Crippen LogP contribution in [0, 0.1) is 30.0 Å². The van der Waals surface area contributed by atoms with Gasteiger partial charge in [0, 0.05) is 18.8 Å². The third-order valence-corrected chi connectivity index (χ3v) is 14.2. The number of aryl methyl sites for hydroxylation is 1. The normalized spacial score (nSPS) is 29.0. The summed E-state index contributed by atoms with van der Waals surface area (Å²) in [5.41, 5.74) is 1.57. The molecule has 2 aliphatic heterocycles. The molecule has 2 aliphatic carbocycles. The molecule has 2 amide bonds. The van der Waals surface area contributed by atoms with Crippen molar-refractivity contribution in [3.8, 4) is 5.19 Å².